The molecule has 0 radical (unpaired) electrons. The molecule has 0 saturated heterocycles. The highest BCUT2D eigenvalue weighted by molar-refractivity contribution is 7.99. The molecule has 0 fully saturated rings. The predicted octanol–water partition coefficient (Wildman–Crippen LogP) is 2.85. The Labute approximate surface area is 114 Å². The standard InChI is InChI=1S/C14H22N2OS/c1-11(2)10-17-7-5-16-6-8-18-14-4-3-12(15)9-13(14)16/h3-4,9,11H,5-8,10,15H2,1-2H3. The first kappa shape index (κ1) is 13.6. The van der Waals surface area contributed by atoms with Crippen LogP contribution in [0.2, 0.25) is 0 Å². The van der Waals surface area contributed by atoms with Crippen molar-refractivity contribution in [1.29, 1.82) is 0 Å². The van der Waals surface area contributed by atoms with E-state index < -0.39 is 0 Å². The molecule has 1 heterocycles. The van der Waals surface area contributed by atoms with Crippen LogP contribution in [0.1, 0.15) is 13.8 Å². The van der Waals surface area contributed by atoms with Gasteiger partial charge in [0.25, 0.3) is 0 Å². The number of thioether (sulfide) groups is 1. The first-order chi connectivity index (χ1) is 8.66. The number of anilines is 2. The van der Waals surface area contributed by atoms with Gasteiger partial charge in [-0.05, 0) is 24.1 Å². The molecule has 1 aromatic carbocycles. The van der Waals surface area contributed by atoms with Gasteiger partial charge in [-0.25, -0.2) is 0 Å². The Morgan fingerprint density at radius 3 is 3.06 bits per heavy atom. The average Bonchev–Trinajstić information content (AvgIpc) is 2.34. The van der Waals surface area contributed by atoms with Gasteiger partial charge in [-0.2, -0.15) is 0 Å². The van der Waals surface area contributed by atoms with E-state index >= 15 is 0 Å². The molecular weight excluding hydrogens is 244 g/mol. The number of fused-ring (bicyclic) bond motifs is 1. The first-order valence-corrected chi connectivity index (χ1v) is 7.50. The third kappa shape index (κ3) is 3.56. The second-order valence-electron chi connectivity index (χ2n) is 5.03. The maximum absolute atomic E-state index is 5.87. The molecule has 3 nitrogen and oxygen atoms in total. The molecule has 0 amide bonds. The van der Waals surface area contributed by atoms with Gasteiger partial charge in [0.05, 0.1) is 12.3 Å². The van der Waals surface area contributed by atoms with Crippen LogP contribution in [0, 0.1) is 5.92 Å². The molecule has 18 heavy (non-hydrogen) atoms. The van der Waals surface area contributed by atoms with Crippen molar-refractivity contribution in [3.05, 3.63) is 18.2 Å². The topological polar surface area (TPSA) is 38.5 Å². The van der Waals surface area contributed by atoms with Crippen molar-refractivity contribution in [3.8, 4) is 0 Å². The SMILES string of the molecule is CC(C)COCCN1CCSc2ccc(N)cc21. The minimum absolute atomic E-state index is 0.602. The van der Waals surface area contributed by atoms with Gasteiger partial charge in [0.15, 0.2) is 0 Å². The van der Waals surface area contributed by atoms with E-state index in [0.717, 1.165) is 37.7 Å². The zero-order chi connectivity index (χ0) is 13.0. The van der Waals surface area contributed by atoms with Crippen LogP contribution in [0.5, 0.6) is 0 Å². The zero-order valence-corrected chi connectivity index (χ0v) is 12.0. The average molecular weight is 266 g/mol. The molecule has 1 aliphatic rings. The third-order valence-electron chi connectivity index (χ3n) is 2.90. The van der Waals surface area contributed by atoms with E-state index in [1.165, 1.54) is 10.6 Å². The van der Waals surface area contributed by atoms with E-state index in [2.05, 4.69) is 30.9 Å². The normalized spacial score (nSPS) is 14.9. The van der Waals surface area contributed by atoms with E-state index in [1.54, 1.807) is 0 Å². The Balaban J connectivity index is 1.93. The van der Waals surface area contributed by atoms with E-state index in [4.69, 9.17) is 10.5 Å². The van der Waals surface area contributed by atoms with Gasteiger partial charge in [0.2, 0.25) is 0 Å². The summed E-state index contributed by atoms with van der Waals surface area (Å²) >= 11 is 1.91. The lowest BCUT2D eigenvalue weighted by atomic mass is 10.2. The molecule has 0 spiro atoms. The van der Waals surface area contributed by atoms with Gasteiger partial charge in [-0.1, -0.05) is 13.8 Å². The lowest BCUT2D eigenvalue weighted by Crippen LogP contribution is -2.32. The molecule has 0 bridgehead atoms. The van der Waals surface area contributed by atoms with Gasteiger partial charge in [0, 0.05) is 36.0 Å². The Bertz CT molecular complexity index is 395. The summed E-state index contributed by atoms with van der Waals surface area (Å²) in [6, 6.07) is 6.17. The second kappa shape index (κ2) is 6.34. The van der Waals surface area contributed by atoms with E-state index in [1.807, 2.05) is 17.8 Å². The smallest absolute Gasteiger partial charge is 0.0641 e. The van der Waals surface area contributed by atoms with Crippen molar-refractivity contribution < 1.29 is 4.74 Å². The molecule has 0 aromatic heterocycles. The predicted molar refractivity (Wildman–Crippen MR) is 79.4 cm³/mol. The van der Waals surface area contributed by atoms with Crippen LogP contribution in [-0.2, 0) is 4.74 Å². The van der Waals surface area contributed by atoms with Crippen LogP contribution in [-0.4, -0.2) is 32.1 Å². The molecular formula is C14H22N2OS. The van der Waals surface area contributed by atoms with Gasteiger partial charge < -0.3 is 15.4 Å². The molecule has 0 atom stereocenters. The summed E-state index contributed by atoms with van der Waals surface area (Å²) < 4.78 is 5.66. The summed E-state index contributed by atoms with van der Waals surface area (Å²) in [6.07, 6.45) is 0. The quantitative estimate of drug-likeness (QED) is 0.657. The molecule has 2 N–H and O–H groups in total. The highest BCUT2D eigenvalue weighted by Gasteiger charge is 2.17. The van der Waals surface area contributed by atoms with E-state index in [-0.39, 0.29) is 0 Å². The van der Waals surface area contributed by atoms with Crippen molar-refractivity contribution in [2.24, 2.45) is 5.92 Å². The maximum atomic E-state index is 5.87. The van der Waals surface area contributed by atoms with Crippen molar-refractivity contribution in [1.82, 2.24) is 0 Å². The molecule has 100 valence electrons. The Morgan fingerprint density at radius 1 is 1.44 bits per heavy atom. The fourth-order valence-corrected chi connectivity index (χ4v) is 3.05. The van der Waals surface area contributed by atoms with Crippen molar-refractivity contribution in [3.63, 3.8) is 0 Å². The Morgan fingerprint density at radius 2 is 2.28 bits per heavy atom. The monoisotopic (exact) mass is 266 g/mol. The number of ether oxygens (including phenoxy) is 1. The minimum atomic E-state index is 0.602. The van der Waals surface area contributed by atoms with Gasteiger partial charge in [0.1, 0.15) is 0 Å². The maximum Gasteiger partial charge on any atom is 0.0641 e. The summed E-state index contributed by atoms with van der Waals surface area (Å²) in [5, 5.41) is 0. The number of benzene rings is 1. The van der Waals surface area contributed by atoms with E-state index in [9.17, 15) is 0 Å². The van der Waals surface area contributed by atoms with Crippen molar-refractivity contribution in [2.75, 3.05) is 42.7 Å². The molecule has 0 aliphatic carbocycles. The summed E-state index contributed by atoms with van der Waals surface area (Å²) in [5.41, 5.74) is 7.97. The second-order valence-corrected chi connectivity index (χ2v) is 6.17. The third-order valence-corrected chi connectivity index (χ3v) is 3.94. The lowest BCUT2D eigenvalue weighted by Gasteiger charge is -2.31. The first-order valence-electron chi connectivity index (χ1n) is 6.52. The van der Waals surface area contributed by atoms with Crippen molar-refractivity contribution >= 4 is 23.1 Å². The molecule has 0 saturated carbocycles. The van der Waals surface area contributed by atoms with Crippen LogP contribution >= 0.6 is 11.8 Å². The lowest BCUT2D eigenvalue weighted by molar-refractivity contribution is 0.115. The number of nitrogen functional groups attached to an aromatic ring is 1. The van der Waals surface area contributed by atoms with Gasteiger partial charge in [-0.15, -0.1) is 11.8 Å². The van der Waals surface area contributed by atoms with Gasteiger partial charge in [-0.3, -0.25) is 0 Å². The Hall–Kier alpha value is -0.870. The number of nitrogens with two attached hydrogens (primary N) is 1. The highest BCUT2D eigenvalue weighted by Crippen LogP contribution is 2.35. The summed E-state index contributed by atoms with van der Waals surface area (Å²) in [4.78, 5) is 3.71. The van der Waals surface area contributed by atoms with E-state index in [0.29, 0.717) is 5.92 Å². The summed E-state index contributed by atoms with van der Waals surface area (Å²) in [7, 11) is 0. The molecule has 2 rings (SSSR count). The van der Waals surface area contributed by atoms with Crippen molar-refractivity contribution in [2.45, 2.75) is 18.7 Å². The zero-order valence-electron chi connectivity index (χ0n) is 11.2. The largest absolute Gasteiger partial charge is 0.399 e. The summed E-state index contributed by atoms with van der Waals surface area (Å²) in [6.45, 7) is 8.00. The summed E-state index contributed by atoms with van der Waals surface area (Å²) in [5.74, 6) is 1.74. The van der Waals surface area contributed by atoms with Crippen LogP contribution < -0.4 is 10.6 Å². The van der Waals surface area contributed by atoms with Crippen LogP contribution in [0.4, 0.5) is 11.4 Å². The molecule has 0 unspecified atom stereocenters. The number of rotatable bonds is 5. The number of nitrogens with zero attached hydrogens (tertiary/aromatic N) is 1. The minimum Gasteiger partial charge on any atom is -0.399 e. The fourth-order valence-electron chi connectivity index (χ4n) is 2.02. The Kier molecular flexibility index (Phi) is 4.78. The van der Waals surface area contributed by atoms with Crippen LogP contribution in [0.3, 0.4) is 0 Å². The van der Waals surface area contributed by atoms with Crippen LogP contribution in [0.15, 0.2) is 23.1 Å². The molecule has 4 heteroatoms. The fraction of sp³-hybridized carbons (Fsp3) is 0.571. The number of hydrogen-bond acceptors (Lipinski definition) is 4. The molecule has 1 aromatic rings. The number of hydrogen-bond donors (Lipinski definition) is 1. The molecule has 1 aliphatic heterocycles. The van der Waals surface area contributed by atoms with Gasteiger partial charge >= 0.3 is 0 Å². The van der Waals surface area contributed by atoms with Crippen LogP contribution in [0.25, 0.3) is 0 Å². The highest BCUT2D eigenvalue weighted by atomic mass is 32.2.